The monoisotopic (exact) mass is 164 g/mol. The van der Waals surface area contributed by atoms with Gasteiger partial charge in [0.15, 0.2) is 0 Å². The van der Waals surface area contributed by atoms with Crippen LogP contribution in [0.15, 0.2) is 5.16 Å². The van der Waals surface area contributed by atoms with Crippen molar-refractivity contribution in [2.45, 2.75) is 25.7 Å². The molecule has 0 aromatic heterocycles. The zero-order chi connectivity index (χ0) is 8.65. The van der Waals surface area contributed by atoms with E-state index in [1.165, 1.54) is 32.6 Å². The van der Waals surface area contributed by atoms with Gasteiger partial charge in [0.25, 0.3) is 0 Å². The molecule has 1 unspecified atom stereocenters. The second kappa shape index (κ2) is 5.65. The van der Waals surface area contributed by atoms with Crippen molar-refractivity contribution < 1.29 is 4.84 Å². The Balaban J connectivity index is 1.90. The molecule has 1 fully saturated rings. The average Bonchev–Trinajstić information content (AvgIpc) is 2.87. The van der Waals surface area contributed by atoms with Crippen LogP contribution in [0.3, 0.4) is 0 Å². The van der Waals surface area contributed by atoms with Gasteiger partial charge < -0.3 is 4.84 Å². The number of hydrogen-bond acceptors (Lipinski definition) is 2. The molecule has 0 N–H and O–H groups in total. The molecule has 2 nitrogen and oxygen atoms in total. The molecule has 0 aliphatic heterocycles. The van der Waals surface area contributed by atoms with E-state index in [9.17, 15) is 0 Å². The fraction of sp³-hybridized carbons (Fsp3) is 0.600. The highest BCUT2D eigenvalue weighted by atomic mass is 16.6. The normalized spacial score (nSPS) is 15.8. The highest BCUT2D eigenvalue weighted by molar-refractivity contribution is 5.77. The Morgan fingerprint density at radius 3 is 3.25 bits per heavy atom. The third-order valence-electron chi connectivity index (χ3n) is 1.77. The van der Waals surface area contributed by atoms with Gasteiger partial charge in [0, 0.05) is 6.42 Å². The Morgan fingerprint density at radius 1 is 1.75 bits per heavy atom. The lowest BCUT2D eigenvalue weighted by molar-refractivity contribution is 0.216. The summed E-state index contributed by atoms with van der Waals surface area (Å²) in [6.07, 6.45) is 8.63. The molecule has 1 radical (unpaired) electrons. The van der Waals surface area contributed by atoms with E-state index < -0.39 is 0 Å². The standard InChI is InChI=1S/C10H14NO/c1-12-11-9-5-3-2-4-6-10-7-8-10/h7,9-10H,2,4,6,8H2,1H3. The summed E-state index contributed by atoms with van der Waals surface area (Å²) in [7, 11) is 1.51. The minimum absolute atomic E-state index is 0.902. The zero-order valence-corrected chi connectivity index (χ0v) is 7.42. The van der Waals surface area contributed by atoms with Crippen LogP contribution in [-0.2, 0) is 4.84 Å². The fourth-order valence-electron chi connectivity index (χ4n) is 0.981. The summed E-state index contributed by atoms with van der Waals surface area (Å²) in [5.74, 6) is 6.72. The minimum Gasteiger partial charge on any atom is -0.399 e. The summed E-state index contributed by atoms with van der Waals surface area (Å²) < 4.78 is 0. The molecular formula is C10H14NO. The van der Waals surface area contributed by atoms with E-state index in [1.807, 2.05) is 0 Å². The molecule has 1 rings (SSSR count). The van der Waals surface area contributed by atoms with Gasteiger partial charge in [0.2, 0.25) is 0 Å². The lowest BCUT2D eigenvalue weighted by atomic mass is 10.2. The van der Waals surface area contributed by atoms with Crippen LogP contribution in [0.4, 0.5) is 0 Å². The van der Waals surface area contributed by atoms with Crippen LogP contribution in [0.2, 0.25) is 0 Å². The average molecular weight is 164 g/mol. The van der Waals surface area contributed by atoms with Gasteiger partial charge in [-0.05, 0) is 31.6 Å². The number of nitrogens with zero attached hydrogens (tertiary/aromatic N) is 1. The largest absolute Gasteiger partial charge is 0.399 e. The van der Waals surface area contributed by atoms with Gasteiger partial charge in [-0.15, -0.1) is 0 Å². The van der Waals surface area contributed by atoms with Crippen LogP contribution >= 0.6 is 0 Å². The van der Waals surface area contributed by atoms with Crippen LogP contribution < -0.4 is 0 Å². The molecular weight excluding hydrogens is 150 g/mol. The Morgan fingerprint density at radius 2 is 2.58 bits per heavy atom. The van der Waals surface area contributed by atoms with Gasteiger partial charge >= 0.3 is 0 Å². The van der Waals surface area contributed by atoms with E-state index in [1.54, 1.807) is 0 Å². The second-order valence-electron chi connectivity index (χ2n) is 2.86. The fourth-order valence-corrected chi connectivity index (χ4v) is 0.981. The maximum atomic E-state index is 4.46. The second-order valence-corrected chi connectivity index (χ2v) is 2.86. The van der Waals surface area contributed by atoms with E-state index in [0.717, 1.165) is 12.3 Å². The van der Waals surface area contributed by atoms with Crippen LogP contribution in [0, 0.1) is 24.2 Å². The van der Waals surface area contributed by atoms with E-state index in [4.69, 9.17) is 0 Å². The topological polar surface area (TPSA) is 21.6 Å². The third kappa shape index (κ3) is 4.79. The zero-order valence-electron chi connectivity index (χ0n) is 7.42. The molecule has 0 aromatic rings. The number of unbranched alkanes of at least 4 members (excludes halogenated alkanes) is 1. The Kier molecular flexibility index (Phi) is 4.30. The number of rotatable bonds is 4. The van der Waals surface area contributed by atoms with Gasteiger partial charge in [-0.2, -0.15) is 0 Å². The summed E-state index contributed by atoms with van der Waals surface area (Å²) in [5, 5.41) is 3.51. The Bertz CT molecular complexity index is 196. The third-order valence-corrected chi connectivity index (χ3v) is 1.77. The quantitative estimate of drug-likeness (QED) is 0.269. The first kappa shape index (κ1) is 9.12. The summed E-state index contributed by atoms with van der Waals surface area (Å²) in [6, 6.07) is 0. The highest BCUT2D eigenvalue weighted by Gasteiger charge is 2.20. The van der Waals surface area contributed by atoms with Gasteiger partial charge in [-0.3, -0.25) is 0 Å². The highest BCUT2D eigenvalue weighted by Crippen LogP contribution is 2.32. The molecule has 2 heteroatoms. The van der Waals surface area contributed by atoms with E-state index in [-0.39, 0.29) is 0 Å². The number of hydrogen-bond donors (Lipinski definition) is 0. The van der Waals surface area contributed by atoms with Crippen molar-refractivity contribution in [2.75, 3.05) is 7.11 Å². The van der Waals surface area contributed by atoms with Crippen molar-refractivity contribution in [1.29, 1.82) is 0 Å². The van der Waals surface area contributed by atoms with E-state index >= 15 is 0 Å². The Hall–Kier alpha value is -0.970. The van der Waals surface area contributed by atoms with Gasteiger partial charge in [-0.25, -0.2) is 0 Å². The van der Waals surface area contributed by atoms with Crippen molar-refractivity contribution in [1.82, 2.24) is 0 Å². The molecule has 0 heterocycles. The first-order valence-corrected chi connectivity index (χ1v) is 4.30. The minimum atomic E-state index is 0.902. The van der Waals surface area contributed by atoms with Crippen molar-refractivity contribution in [3.05, 3.63) is 6.42 Å². The molecule has 1 aliphatic rings. The smallest absolute Gasteiger partial charge is 0.116 e. The molecule has 0 bridgehead atoms. The molecule has 0 saturated heterocycles. The number of oxime groups is 1. The molecule has 0 aromatic carbocycles. The molecule has 1 atom stereocenters. The summed E-state index contributed by atoms with van der Waals surface area (Å²) in [5.41, 5.74) is 0. The molecule has 1 aliphatic carbocycles. The molecule has 0 spiro atoms. The lowest BCUT2D eigenvalue weighted by Crippen LogP contribution is -1.76. The van der Waals surface area contributed by atoms with Crippen molar-refractivity contribution >= 4 is 6.21 Å². The maximum Gasteiger partial charge on any atom is 0.116 e. The molecule has 0 amide bonds. The summed E-state index contributed by atoms with van der Waals surface area (Å²) >= 11 is 0. The Labute approximate surface area is 74.0 Å². The van der Waals surface area contributed by atoms with Crippen LogP contribution in [0.5, 0.6) is 0 Å². The van der Waals surface area contributed by atoms with Crippen LogP contribution in [-0.4, -0.2) is 13.3 Å². The van der Waals surface area contributed by atoms with Gasteiger partial charge in [0.05, 0.1) is 0 Å². The van der Waals surface area contributed by atoms with Crippen LogP contribution in [0.1, 0.15) is 25.7 Å². The molecule has 1 saturated carbocycles. The van der Waals surface area contributed by atoms with Crippen molar-refractivity contribution in [2.24, 2.45) is 11.1 Å². The molecule has 65 valence electrons. The lowest BCUT2D eigenvalue weighted by Gasteiger charge is -1.89. The van der Waals surface area contributed by atoms with E-state index in [2.05, 4.69) is 28.3 Å². The van der Waals surface area contributed by atoms with Gasteiger partial charge in [-0.1, -0.05) is 17.0 Å². The summed E-state index contributed by atoms with van der Waals surface area (Å²) in [4.78, 5) is 4.46. The van der Waals surface area contributed by atoms with E-state index in [0.29, 0.717) is 0 Å². The van der Waals surface area contributed by atoms with Crippen molar-refractivity contribution in [3.63, 3.8) is 0 Å². The van der Waals surface area contributed by atoms with Crippen LogP contribution in [0.25, 0.3) is 0 Å². The first-order valence-electron chi connectivity index (χ1n) is 4.30. The first-order chi connectivity index (χ1) is 5.93. The van der Waals surface area contributed by atoms with Gasteiger partial charge in [0.1, 0.15) is 13.3 Å². The predicted octanol–water partition coefficient (Wildman–Crippen LogP) is 2.02. The maximum absolute atomic E-state index is 4.46. The van der Waals surface area contributed by atoms with Crippen molar-refractivity contribution in [3.8, 4) is 11.8 Å². The SMILES string of the molecule is CON=CC#CCCCC1[CH]C1. The summed E-state index contributed by atoms with van der Waals surface area (Å²) in [6.45, 7) is 0. The molecule has 12 heavy (non-hydrogen) atoms. The predicted molar refractivity (Wildman–Crippen MR) is 49.5 cm³/mol.